The molecule has 0 N–H and O–H groups in total. The second-order valence-electron chi connectivity index (χ2n) is 4.27. The van der Waals surface area contributed by atoms with E-state index in [4.69, 9.17) is 4.74 Å². The van der Waals surface area contributed by atoms with Crippen molar-refractivity contribution in [2.75, 3.05) is 0 Å². The fourth-order valence-corrected chi connectivity index (χ4v) is 1.23. The number of ether oxygens (including phenoxy) is 1. The maximum absolute atomic E-state index is 11.9. The SMILES string of the molecule is C/C(=C/C(=O)OC(C)(C)C)OS(=O)(=O)C(F)(F)F. The van der Waals surface area contributed by atoms with Crippen molar-refractivity contribution in [2.24, 2.45) is 0 Å². The lowest BCUT2D eigenvalue weighted by Gasteiger charge is -2.18. The van der Waals surface area contributed by atoms with Crippen LogP contribution >= 0.6 is 0 Å². The number of esters is 1. The Kier molecular flexibility index (Phi) is 4.81. The first kappa shape index (κ1) is 16.8. The molecule has 0 aliphatic rings. The summed E-state index contributed by atoms with van der Waals surface area (Å²) >= 11 is 0. The Morgan fingerprint density at radius 1 is 1.17 bits per heavy atom. The molecule has 5 nitrogen and oxygen atoms in total. The molecule has 0 aromatic carbocycles. The van der Waals surface area contributed by atoms with E-state index in [-0.39, 0.29) is 0 Å². The number of hydrogen-bond donors (Lipinski definition) is 0. The average molecular weight is 290 g/mol. The van der Waals surface area contributed by atoms with E-state index >= 15 is 0 Å². The molecule has 9 heteroatoms. The van der Waals surface area contributed by atoms with Gasteiger partial charge in [0.25, 0.3) is 0 Å². The fourth-order valence-electron chi connectivity index (χ4n) is 0.742. The molecule has 106 valence electrons. The van der Waals surface area contributed by atoms with Crippen molar-refractivity contribution in [1.82, 2.24) is 0 Å². The van der Waals surface area contributed by atoms with Crippen LogP contribution in [0.4, 0.5) is 13.2 Å². The summed E-state index contributed by atoms with van der Waals surface area (Å²) in [6.45, 7) is 5.53. The van der Waals surface area contributed by atoms with Gasteiger partial charge in [-0.1, -0.05) is 0 Å². The minimum absolute atomic E-state index is 0.522. The highest BCUT2D eigenvalue weighted by Gasteiger charge is 2.48. The van der Waals surface area contributed by atoms with E-state index in [2.05, 4.69) is 4.18 Å². The standard InChI is InChI=1S/C9H13F3O5S/c1-6(5-7(13)16-8(2,3)4)17-18(14,15)9(10,11)12/h5H,1-4H3/b6-5-. The van der Waals surface area contributed by atoms with E-state index in [1.165, 1.54) is 0 Å². The Morgan fingerprint density at radius 3 is 1.94 bits per heavy atom. The van der Waals surface area contributed by atoms with Gasteiger partial charge in [0.2, 0.25) is 0 Å². The van der Waals surface area contributed by atoms with Crippen molar-refractivity contribution in [1.29, 1.82) is 0 Å². The van der Waals surface area contributed by atoms with Crippen LogP contribution in [0, 0.1) is 0 Å². The highest BCUT2D eigenvalue weighted by atomic mass is 32.2. The molecular formula is C9H13F3O5S. The van der Waals surface area contributed by atoms with Gasteiger partial charge in [0.1, 0.15) is 11.4 Å². The topological polar surface area (TPSA) is 69.7 Å². The first-order chi connectivity index (χ1) is 7.74. The smallest absolute Gasteiger partial charge is 0.457 e. The van der Waals surface area contributed by atoms with E-state index in [9.17, 15) is 26.4 Å². The summed E-state index contributed by atoms with van der Waals surface area (Å²) in [5.74, 6) is -1.74. The first-order valence-corrected chi connectivity index (χ1v) is 6.07. The van der Waals surface area contributed by atoms with Gasteiger partial charge in [-0.2, -0.15) is 21.6 Å². The number of allylic oxidation sites excluding steroid dienone is 1. The van der Waals surface area contributed by atoms with Crippen LogP contribution in [0.25, 0.3) is 0 Å². The molecule has 0 spiro atoms. The van der Waals surface area contributed by atoms with Crippen LogP contribution in [0.2, 0.25) is 0 Å². The molecule has 0 saturated carbocycles. The molecule has 0 heterocycles. The van der Waals surface area contributed by atoms with E-state index in [1.807, 2.05) is 0 Å². The minimum atomic E-state index is -5.76. The van der Waals surface area contributed by atoms with E-state index < -0.39 is 33.0 Å². The molecule has 0 aliphatic carbocycles. The lowest BCUT2D eigenvalue weighted by atomic mass is 10.2. The predicted octanol–water partition coefficient (Wildman–Crippen LogP) is 2.10. The van der Waals surface area contributed by atoms with Crippen LogP contribution in [0.1, 0.15) is 27.7 Å². The van der Waals surface area contributed by atoms with E-state index in [0.29, 0.717) is 6.08 Å². The summed E-state index contributed by atoms with van der Waals surface area (Å²) in [5, 5.41) is 0. The molecule has 0 atom stereocenters. The highest BCUT2D eigenvalue weighted by Crippen LogP contribution is 2.26. The second-order valence-corrected chi connectivity index (χ2v) is 5.81. The molecule has 0 aromatic rings. The quantitative estimate of drug-likeness (QED) is 0.262. The molecule has 0 aromatic heterocycles. The Balaban J connectivity index is 4.80. The third-order valence-corrected chi connectivity index (χ3v) is 2.30. The second kappa shape index (κ2) is 5.17. The Morgan fingerprint density at radius 2 is 1.61 bits per heavy atom. The van der Waals surface area contributed by atoms with Gasteiger partial charge in [-0.05, 0) is 27.7 Å². The van der Waals surface area contributed by atoms with Crippen LogP contribution in [0.3, 0.4) is 0 Å². The summed E-state index contributed by atoms with van der Waals surface area (Å²) in [7, 11) is -5.76. The Hall–Kier alpha value is -1.25. The zero-order chi connectivity index (χ0) is 14.8. The van der Waals surface area contributed by atoms with E-state index in [0.717, 1.165) is 6.92 Å². The number of alkyl halides is 3. The molecule has 0 rings (SSSR count). The van der Waals surface area contributed by atoms with Crippen molar-refractivity contribution >= 4 is 16.1 Å². The summed E-state index contributed by atoms with van der Waals surface area (Å²) in [4.78, 5) is 11.1. The molecule has 0 saturated heterocycles. The maximum atomic E-state index is 11.9. The Bertz CT molecular complexity index is 442. The molecule has 0 unspecified atom stereocenters. The number of hydrogen-bond acceptors (Lipinski definition) is 5. The zero-order valence-electron chi connectivity index (χ0n) is 10.2. The zero-order valence-corrected chi connectivity index (χ0v) is 11.0. The summed E-state index contributed by atoms with van der Waals surface area (Å²) in [6, 6.07) is 0. The average Bonchev–Trinajstić information content (AvgIpc) is 1.94. The van der Waals surface area contributed by atoms with Gasteiger partial charge in [-0.3, -0.25) is 0 Å². The predicted molar refractivity (Wildman–Crippen MR) is 55.7 cm³/mol. The summed E-state index contributed by atoms with van der Waals surface area (Å²) < 4.78 is 65.4. The van der Waals surface area contributed by atoms with Crippen LogP contribution in [0.5, 0.6) is 0 Å². The third-order valence-electron chi connectivity index (χ3n) is 1.25. The van der Waals surface area contributed by atoms with Crippen molar-refractivity contribution in [3.63, 3.8) is 0 Å². The largest absolute Gasteiger partial charge is 0.534 e. The van der Waals surface area contributed by atoms with Gasteiger partial charge in [0, 0.05) is 0 Å². The van der Waals surface area contributed by atoms with E-state index in [1.54, 1.807) is 20.8 Å². The maximum Gasteiger partial charge on any atom is 0.534 e. The normalized spacial score (nSPS) is 14.3. The number of carbonyl (C=O) groups excluding carboxylic acids is 1. The first-order valence-electron chi connectivity index (χ1n) is 4.66. The van der Waals surface area contributed by atoms with Gasteiger partial charge in [0.15, 0.2) is 0 Å². The molecule has 0 amide bonds. The summed E-state index contributed by atoms with van der Waals surface area (Å²) in [5.41, 5.74) is -6.40. The van der Waals surface area contributed by atoms with Gasteiger partial charge in [0.05, 0.1) is 6.08 Å². The van der Waals surface area contributed by atoms with Gasteiger partial charge >= 0.3 is 21.6 Å². The number of halogens is 3. The monoisotopic (exact) mass is 290 g/mol. The molecular weight excluding hydrogens is 277 g/mol. The number of carbonyl (C=O) groups is 1. The third kappa shape index (κ3) is 5.89. The van der Waals surface area contributed by atoms with Crippen LogP contribution in [0.15, 0.2) is 11.8 Å². The summed E-state index contributed by atoms with van der Waals surface area (Å²) in [6.07, 6.45) is 0.522. The van der Waals surface area contributed by atoms with Crippen molar-refractivity contribution in [3.05, 3.63) is 11.8 Å². The van der Waals surface area contributed by atoms with Crippen molar-refractivity contribution in [2.45, 2.75) is 38.8 Å². The molecule has 0 aliphatic heterocycles. The minimum Gasteiger partial charge on any atom is -0.457 e. The van der Waals surface area contributed by atoms with Crippen molar-refractivity contribution in [3.8, 4) is 0 Å². The lowest BCUT2D eigenvalue weighted by molar-refractivity contribution is -0.148. The van der Waals surface area contributed by atoms with Gasteiger partial charge in [-0.25, -0.2) is 4.79 Å². The molecule has 0 radical (unpaired) electrons. The Labute approximate surface area is 103 Å². The molecule has 0 bridgehead atoms. The lowest BCUT2D eigenvalue weighted by Crippen LogP contribution is -2.26. The van der Waals surface area contributed by atoms with Crippen LogP contribution in [-0.2, 0) is 23.8 Å². The molecule has 18 heavy (non-hydrogen) atoms. The van der Waals surface area contributed by atoms with Crippen molar-refractivity contribution < 1.29 is 35.3 Å². The molecule has 0 fully saturated rings. The van der Waals surface area contributed by atoms with Gasteiger partial charge in [-0.15, -0.1) is 0 Å². The fraction of sp³-hybridized carbons (Fsp3) is 0.667. The van der Waals surface area contributed by atoms with Gasteiger partial charge < -0.3 is 8.92 Å². The highest BCUT2D eigenvalue weighted by molar-refractivity contribution is 7.87. The van der Waals surface area contributed by atoms with Crippen LogP contribution < -0.4 is 0 Å². The van der Waals surface area contributed by atoms with Crippen LogP contribution in [-0.4, -0.2) is 25.5 Å². The number of rotatable bonds is 3.